The van der Waals surface area contributed by atoms with Crippen molar-refractivity contribution in [1.82, 2.24) is 4.90 Å². The molecule has 186 valence electrons. The number of amidine groups is 1. The Hall–Kier alpha value is -4.75. The Morgan fingerprint density at radius 1 is 0.946 bits per heavy atom. The van der Waals surface area contributed by atoms with Gasteiger partial charge in [-0.25, -0.2) is 4.39 Å². The minimum atomic E-state index is -0.299. The van der Waals surface area contributed by atoms with Gasteiger partial charge in [0.1, 0.15) is 11.7 Å². The number of benzene rings is 2. The highest BCUT2D eigenvalue weighted by Crippen LogP contribution is 2.27. The molecule has 1 N–H and O–H groups in total. The number of rotatable bonds is 10. The summed E-state index contributed by atoms with van der Waals surface area (Å²) in [5.74, 6) is -0.0329. The van der Waals surface area contributed by atoms with Crippen LogP contribution in [0.4, 0.5) is 4.39 Å². The fourth-order valence-electron chi connectivity index (χ4n) is 3.45. The van der Waals surface area contributed by atoms with Crippen molar-refractivity contribution < 1.29 is 4.39 Å². The standard InChI is InChI=1S/C33H32FN3/c1-7-26(22-28(8-2)30-13-11-27(23-35)12-14-30)20-21-37(6)33(36)19-10-24(4)32(9-3)25(5)29-15-17-31(34)18-16-29/h7-22,36H,1,4-5H2,2-3,6H3/b19-10-,21-20+,26-22+,28-8+,32-9-,36-33?. The maximum absolute atomic E-state index is 13.3. The summed E-state index contributed by atoms with van der Waals surface area (Å²) in [5, 5.41) is 17.4. The minimum Gasteiger partial charge on any atom is -0.337 e. The van der Waals surface area contributed by atoms with Crippen LogP contribution in [0.2, 0.25) is 0 Å². The van der Waals surface area contributed by atoms with Crippen molar-refractivity contribution in [2.75, 3.05) is 7.05 Å². The van der Waals surface area contributed by atoms with Gasteiger partial charge in [0.05, 0.1) is 11.6 Å². The highest BCUT2D eigenvalue weighted by molar-refractivity contribution is 5.92. The van der Waals surface area contributed by atoms with Crippen molar-refractivity contribution >= 4 is 17.0 Å². The van der Waals surface area contributed by atoms with Gasteiger partial charge in [-0.1, -0.05) is 68.3 Å². The zero-order valence-electron chi connectivity index (χ0n) is 21.6. The molecule has 0 atom stereocenters. The van der Waals surface area contributed by atoms with Crippen LogP contribution in [0.1, 0.15) is 30.5 Å². The molecular formula is C33H32FN3. The molecule has 2 aromatic carbocycles. The number of hydrogen-bond donors (Lipinski definition) is 1. The molecule has 0 aliphatic carbocycles. The molecule has 0 bridgehead atoms. The molecule has 37 heavy (non-hydrogen) atoms. The van der Waals surface area contributed by atoms with Crippen LogP contribution >= 0.6 is 0 Å². The molecule has 0 heterocycles. The van der Waals surface area contributed by atoms with Crippen LogP contribution in [0.25, 0.3) is 11.1 Å². The van der Waals surface area contributed by atoms with E-state index in [9.17, 15) is 4.39 Å². The van der Waals surface area contributed by atoms with E-state index in [0.717, 1.165) is 33.4 Å². The lowest BCUT2D eigenvalue weighted by Gasteiger charge is -2.14. The zero-order chi connectivity index (χ0) is 27.4. The number of halogens is 1. The fourth-order valence-corrected chi connectivity index (χ4v) is 3.45. The second-order valence-electron chi connectivity index (χ2n) is 8.14. The lowest BCUT2D eigenvalue weighted by molar-refractivity contribution is 0.627. The molecular weight excluding hydrogens is 457 g/mol. The summed E-state index contributed by atoms with van der Waals surface area (Å²) in [6.07, 6.45) is 14.8. The van der Waals surface area contributed by atoms with E-state index in [1.807, 2.05) is 50.3 Å². The van der Waals surface area contributed by atoms with E-state index in [4.69, 9.17) is 10.7 Å². The topological polar surface area (TPSA) is 50.9 Å². The highest BCUT2D eigenvalue weighted by atomic mass is 19.1. The summed E-state index contributed by atoms with van der Waals surface area (Å²) in [4.78, 5) is 1.68. The predicted octanol–water partition coefficient (Wildman–Crippen LogP) is 8.41. The Bertz CT molecular complexity index is 1360. The van der Waals surface area contributed by atoms with Crippen LogP contribution in [0.5, 0.6) is 0 Å². The first kappa shape index (κ1) is 28.5. The van der Waals surface area contributed by atoms with Crippen LogP contribution in [0, 0.1) is 22.6 Å². The third-order valence-electron chi connectivity index (χ3n) is 5.68. The Morgan fingerprint density at radius 2 is 1.57 bits per heavy atom. The van der Waals surface area contributed by atoms with E-state index in [1.54, 1.807) is 60.6 Å². The van der Waals surface area contributed by atoms with Crippen molar-refractivity contribution in [2.24, 2.45) is 0 Å². The predicted molar refractivity (Wildman–Crippen MR) is 155 cm³/mol. The number of hydrogen-bond acceptors (Lipinski definition) is 2. The maximum Gasteiger partial charge on any atom is 0.124 e. The van der Waals surface area contributed by atoms with Gasteiger partial charge in [0, 0.05) is 13.2 Å². The van der Waals surface area contributed by atoms with E-state index in [-0.39, 0.29) is 11.7 Å². The summed E-state index contributed by atoms with van der Waals surface area (Å²) in [5.41, 5.74) is 6.56. The van der Waals surface area contributed by atoms with Gasteiger partial charge in [-0.05, 0) is 95.3 Å². The summed E-state index contributed by atoms with van der Waals surface area (Å²) in [6, 6.07) is 15.7. The first-order valence-electron chi connectivity index (χ1n) is 11.7. The van der Waals surface area contributed by atoms with Gasteiger partial charge in [-0.15, -0.1) is 0 Å². The number of nitrogens with zero attached hydrogens (tertiary/aromatic N) is 2. The zero-order valence-corrected chi connectivity index (χ0v) is 21.6. The van der Waals surface area contributed by atoms with Crippen molar-refractivity contribution in [1.29, 1.82) is 10.7 Å². The third-order valence-corrected chi connectivity index (χ3v) is 5.68. The number of nitrogens with one attached hydrogen (secondary N) is 1. The van der Waals surface area contributed by atoms with Crippen LogP contribution in [0.15, 0.2) is 134 Å². The van der Waals surface area contributed by atoms with Gasteiger partial charge in [0.15, 0.2) is 0 Å². The summed E-state index contributed by atoms with van der Waals surface area (Å²) in [7, 11) is 1.79. The lowest BCUT2D eigenvalue weighted by Crippen LogP contribution is -2.17. The summed E-state index contributed by atoms with van der Waals surface area (Å²) < 4.78 is 13.3. The number of allylic oxidation sites excluding steroid dienone is 11. The molecule has 0 aliphatic heterocycles. The van der Waals surface area contributed by atoms with Crippen LogP contribution in [0.3, 0.4) is 0 Å². The third kappa shape index (κ3) is 8.16. The van der Waals surface area contributed by atoms with E-state index in [2.05, 4.69) is 25.8 Å². The monoisotopic (exact) mass is 489 g/mol. The molecule has 0 amide bonds. The van der Waals surface area contributed by atoms with E-state index >= 15 is 0 Å². The van der Waals surface area contributed by atoms with Crippen LogP contribution in [-0.4, -0.2) is 17.8 Å². The smallest absolute Gasteiger partial charge is 0.124 e. The quantitative estimate of drug-likeness (QED) is 0.207. The fraction of sp³-hybridized carbons (Fsp3) is 0.0909. The van der Waals surface area contributed by atoms with E-state index < -0.39 is 0 Å². The van der Waals surface area contributed by atoms with Gasteiger partial charge in [-0.2, -0.15) is 5.26 Å². The van der Waals surface area contributed by atoms with Gasteiger partial charge >= 0.3 is 0 Å². The summed E-state index contributed by atoms with van der Waals surface area (Å²) in [6.45, 7) is 16.0. The molecule has 4 heteroatoms. The second-order valence-corrected chi connectivity index (χ2v) is 8.14. The van der Waals surface area contributed by atoms with Crippen molar-refractivity contribution in [2.45, 2.75) is 13.8 Å². The van der Waals surface area contributed by atoms with Gasteiger partial charge in [0.2, 0.25) is 0 Å². The maximum atomic E-state index is 13.3. The van der Waals surface area contributed by atoms with Crippen molar-refractivity contribution in [3.63, 3.8) is 0 Å². The lowest BCUT2D eigenvalue weighted by atomic mass is 9.94. The first-order valence-corrected chi connectivity index (χ1v) is 11.7. The normalized spacial score (nSPS) is 12.5. The average molecular weight is 490 g/mol. The van der Waals surface area contributed by atoms with Gasteiger partial charge in [0.25, 0.3) is 0 Å². The first-order chi connectivity index (χ1) is 17.7. The molecule has 2 aromatic rings. The second kappa shape index (κ2) is 14.0. The molecule has 0 saturated heterocycles. The average Bonchev–Trinajstić information content (AvgIpc) is 2.92. The van der Waals surface area contributed by atoms with Crippen molar-refractivity contribution in [3.05, 3.63) is 156 Å². The molecule has 0 unspecified atom stereocenters. The molecule has 0 aromatic heterocycles. The number of nitriles is 1. The molecule has 0 aliphatic rings. The molecule has 0 spiro atoms. The SMILES string of the molecule is C=CC(/C=C/N(C)C(=N)/C=C\C(=C)/C(=C/C)C(=C)c1ccc(F)cc1)=C\C(=C/C)c1ccc(C#N)cc1. The Morgan fingerprint density at radius 3 is 2.11 bits per heavy atom. The number of likely N-dealkylation sites (N-methyl/N-ethyl adjacent to an activating group) is 1. The molecule has 0 saturated carbocycles. The van der Waals surface area contributed by atoms with Crippen molar-refractivity contribution in [3.8, 4) is 6.07 Å². The Labute approximate surface area is 220 Å². The highest BCUT2D eigenvalue weighted by Gasteiger charge is 2.08. The van der Waals surface area contributed by atoms with E-state index in [0.29, 0.717) is 11.1 Å². The molecule has 0 fully saturated rings. The Balaban J connectivity index is 2.10. The molecule has 3 nitrogen and oxygen atoms in total. The summed E-state index contributed by atoms with van der Waals surface area (Å²) >= 11 is 0. The van der Waals surface area contributed by atoms with Gasteiger partial charge in [-0.3, -0.25) is 5.41 Å². The molecule has 2 rings (SSSR count). The minimum absolute atomic E-state index is 0.266. The molecule has 0 radical (unpaired) electrons. The van der Waals surface area contributed by atoms with E-state index in [1.165, 1.54) is 12.1 Å². The van der Waals surface area contributed by atoms with Gasteiger partial charge < -0.3 is 4.90 Å². The van der Waals surface area contributed by atoms with Crippen LogP contribution in [-0.2, 0) is 0 Å². The van der Waals surface area contributed by atoms with Crippen LogP contribution < -0.4 is 0 Å². The largest absolute Gasteiger partial charge is 0.337 e. The Kier molecular flexibility index (Phi) is 10.8.